The minimum Gasteiger partial charge on any atom is -0.317 e. The molecule has 1 N–H and O–H groups in total. The lowest BCUT2D eigenvalue weighted by molar-refractivity contribution is 0.126. The Balaban J connectivity index is 1.47. The van der Waals surface area contributed by atoms with Crippen LogP contribution in [0.25, 0.3) is 0 Å². The summed E-state index contributed by atoms with van der Waals surface area (Å²) < 4.78 is 0. The summed E-state index contributed by atoms with van der Waals surface area (Å²) in [5, 5.41) is 4.31. The number of nitrogens with one attached hydrogen (secondary N) is 1. The Morgan fingerprint density at radius 2 is 1.55 bits per heavy atom. The third-order valence-electron chi connectivity index (χ3n) is 5.00. The average molecular weight is 293 g/mol. The van der Waals surface area contributed by atoms with Crippen LogP contribution in [0.5, 0.6) is 0 Å². The number of halogens is 1. The maximum absolute atomic E-state index is 5.94. The number of hydrogen-bond acceptors (Lipinski definition) is 2. The second kappa shape index (κ2) is 6.93. The van der Waals surface area contributed by atoms with E-state index >= 15 is 0 Å². The Hall–Kier alpha value is -0.570. The van der Waals surface area contributed by atoms with E-state index in [4.69, 9.17) is 11.6 Å². The molecule has 2 saturated heterocycles. The summed E-state index contributed by atoms with van der Waals surface area (Å²) in [4.78, 5) is 2.60. The molecule has 2 nitrogen and oxygen atoms in total. The number of piperidine rings is 2. The van der Waals surface area contributed by atoms with E-state index in [1.54, 1.807) is 0 Å². The van der Waals surface area contributed by atoms with E-state index in [1.807, 2.05) is 12.1 Å². The highest BCUT2D eigenvalue weighted by Crippen LogP contribution is 2.31. The topological polar surface area (TPSA) is 15.3 Å². The Bertz CT molecular complexity index is 404. The van der Waals surface area contributed by atoms with Crippen LogP contribution in [0.4, 0.5) is 0 Å². The van der Waals surface area contributed by atoms with Crippen molar-refractivity contribution in [2.45, 2.75) is 32.2 Å². The van der Waals surface area contributed by atoms with Crippen molar-refractivity contribution in [1.29, 1.82) is 0 Å². The van der Waals surface area contributed by atoms with Gasteiger partial charge in [-0.1, -0.05) is 23.7 Å². The smallest absolute Gasteiger partial charge is 0.0406 e. The van der Waals surface area contributed by atoms with Gasteiger partial charge in [-0.3, -0.25) is 4.90 Å². The van der Waals surface area contributed by atoms with Crippen molar-refractivity contribution in [1.82, 2.24) is 10.2 Å². The van der Waals surface area contributed by atoms with Crippen molar-refractivity contribution in [2.75, 3.05) is 26.2 Å². The molecule has 110 valence electrons. The molecule has 1 aromatic carbocycles. The molecule has 1 aromatic rings. The van der Waals surface area contributed by atoms with Crippen LogP contribution in [0.3, 0.4) is 0 Å². The van der Waals surface area contributed by atoms with Gasteiger partial charge in [-0.25, -0.2) is 0 Å². The normalized spacial score (nSPS) is 23.1. The van der Waals surface area contributed by atoms with Crippen molar-refractivity contribution in [2.24, 2.45) is 11.8 Å². The van der Waals surface area contributed by atoms with E-state index in [0.717, 1.165) is 23.4 Å². The van der Waals surface area contributed by atoms with Crippen molar-refractivity contribution in [3.05, 3.63) is 34.9 Å². The van der Waals surface area contributed by atoms with E-state index < -0.39 is 0 Å². The lowest BCUT2D eigenvalue weighted by Crippen LogP contribution is -2.39. The number of rotatable bonds is 3. The standard InChI is InChI=1S/C17H25ClN2/c18-17-3-1-14(2-4-17)13-20-11-7-16(8-12-20)15-5-9-19-10-6-15/h1-4,15-16,19H,5-13H2. The number of likely N-dealkylation sites (tertiary alicyclic amines) is 1. The molecule has 2 aliphatic rings. The molecule has 0 amide bonds. The zero-order chi connectivity index (χ0) is 13.8. The van der Waals surface area contributed by atoms with Crippen molar-refractivity contribution in [3.63, 3.8) is 0 Å². The molecular weight excluding hydrogens is 268 g/mol. The maximum atomic E-state index is 5.94. The van der Waals surface area contributed by atoms with Crippen LogP contribution in [-0.2, 0) is 6.54 Å². The summed E-state index contributed by atoms with van der Waals surface area (Å²) in [5.41, 5.74) is 1.38. The first-order valence-corrected chi connectivity index (χ1v) is 8.36. The van der Waals surface area contributed by atoms with Gasteiger partial charge in [-0.2, -0.15) is 0 Å². The van der Waals surface area contributed by atoms with Gasteiger partial charge in [0.05, 0.1) is 0 Å². The lowest BCUT2D eigenvalue weighted by atomic mass is 9.79. The molecule has 0 atom stereocenters. The van der Waals surface area contributed by atoms with Crippen LogP contribution in [-0.4, -0.2) is 31.1 Å². The van der Waals surface area contributed by atoms with Crippen LogP contribution >= 0.6 is 11.6 Å². The highest BCUT2D eigenvalue weighted by Gasteiger charge is 2.27. The fourth-order valence-electron chi connectivity index (χ4n) is 3.75. The third-order valence-corrected chi connectivity index (χ3v) is 5.25. The minimum atomic E-state index is 0.832. The fraction of sp³-hybridized carbons (Fsp3) is 0.647. The zero-order valence-corrected chi connectivity index (χ0v) is 12.9. The van der Waals surface area contributed by atoms with E-state index in [2.05, 4.69) is 22.3 Å². The van der Waals surface area contributed by atoms with Gasteiger partial charge in [0.2, 0.25) is 0 Å². The SMILES string of the molecule is Clc1ccc(CN2CCC(C3CCNCC3)CC2)cc1. The quantitative estimate of drug-likeness (QED) is 0.916. The molecule has 20 heavy (non-hydrogen) atoms. The van der Waals surface area contributed by atoms with Crippen LogP contribution in [0, 0.1) is 11.8 Å². The summed E-state index contributed by atoms with van der Waals surface area (Å²) in [7, 11) is 0. The molecule has 0 bridgehead atoms. The minimum absolute atomic E-state index is 0.832. The lowest BCUT2D eigenvalue weighted by Gasteiger charge is -2.37. The van der Waals surface area contributed by atoms with Crippen molar-refractivity contribution >= 4 is 11.6 Å². The molecule has 3 rings (SSSR count). The van der Waals surface area contributed by atoms with Gasteiger partial charge in [0.25, 0.3) is 0 Å². The Morgan fingerprint density at radius 3 is 2.20 bits per heavy atom. The van der Waals surface area contributed by atoms with Gasteiger partial charge in [-0.05, 0) is 81.4 Å². The van der Waals surface area contributed by atoms with Gasteiger partial charge in [0.1, 0.15) is 0 Å². The highest BCUT2D eigenvalue weighted by atomic mass is 35.5. The van der Waals surface area contributed by atoms with Crippen molar-refractivity contribution < 1.29 is 0 Å². The number of nitrogens with zero attached hydrogens (tertiary/aromatic N) is 1. The van der Waals surface area contributed by atoms with E-state index in [9.17, 15) is 0 Å². The van der Waals surface area contributed by atoms with Crippen LogP contribution in [0.1, 0.15) is 31.2 Å². The largest absolute Gasteiger partial charge is 0.317 e. The molecule has 2 fully saturated rings. The molecule has 2 heterocycles. The molecule has 0 unspecified atom stereocenters. The van der Waals surface area contributed by atoms with Gasteiger partial charge >= 0.3 is 0 Å². The van der Waals surface area contributed by atoms with Gasteiger partial charge in [0, 0.05) is 11.6 Å². The Labute approximate surface area is 127 Å². The van der Waals surface area contributed by atoms with Crippen molar-refractivity contribution in [3.8, 4) is 0 Å². The van der Waals surface area contributed by atoms with E-state index in [-0.39, 0.29) is 0 Å². The van der Waals surface area contributed by atoms with E-state index in [1.165, 1.54) is 57.4 Å². The predicted molar refractivity (Wildman–Crippen MR) is 85.0 cm³/mol. The molecule has 2 aliphatic heterocycles. The number of benzene rings is 1. The summed E-state index contributed by atoms with van der Waals surface area (Å²) in [6, 6.07) is 8.31. The molecule has 0 aliphatic carbocycles. The molecule has 0 saturated carbocycles. The first-order chi connectivity index (χ1) is 9.81. The Morgan fingerprint density at radius 1 is 0.950 bits per heavy atom. The number of hydrogen-bond donors (Lipinski definition) is 1. The highest BCUT2D eigenvalue weighted by molar-refractivity contribution is 6.30. The molecule has 0 radical (unpaired) electrons. The molecule has 0 spiro atoms. The third kappa shape index (κ3) is 3.75. The van der Waals surface area contributed by atoms with Gasteiger partial charge in [-0.15, -0.1) is 0 Å². The molecule has 0 aromatic heterocycles. The van der Waals surface area contributed by atoms with E-state index in [0.29, 0.717) is 0 Å². The second-order valence-electron chi connectivity index (χ2n) is 6.33. The Kier molecular flexibility index (Phi) is 4.98. The summed E-state index contributed by atoms with van der Waals surface area (Å²) in [6.07, 6.45) is 5.56. The van der Waals surface area contributed by atoms with Gasteiger partial charge in [0.15, 0.2) is 0 Å². The van der Waals surface area contributed by atoms with Gasteiger partial charge < -0.3 is 5.32 Å². The summed E-state index contributed by atoms with van der Waals surface area (Å²) >= 11 is 5.94. The predicted octanol–water partition coefficient (Wildman–Crippen LogP) is 3.55. The fourth-order valence-corrected chi connectivity index (χ4v) is 3.87. The van der Waals surface area contributed by atoms with Crippen LogP contribution in [0.15, 0.2) is 24.3 Å². The monoisotopic (exact) mass is 292 g/mol. The van der Waals surface area contributed by atoms with Crippen LogP contribution in [0.2, 0.25) is 5.02 Å². The molecular formula is C17H25ClN2. The summed E-state index contributed by atoms with van der Waals surface area (Å²) in [6.45, 7) is 6.07. The average Bonchev–Trinajstić information content (AvgIpc) is 2.51. The second-order valence-corrected chi connectivity index (χ2v) is 6.76. The zero-order valence-electron chi connectivity index (χ0n) is 12.2. The van der Waals surface area contributed by atoms with Crippen LogP contribution < -0.4 is 5.32 Å². The summed E-state index contributed by atoms with van der Waals surface area (Å²) in [5.74, 6) is 1.95. The maximum Gasteiger partial charge on any atom is 0.0406 e. The molecule has 3 heteroatoms. The first kappa shape index (κ1) is 14.4. The first-order valence-electron chi connectivity index (χ1n) is 7.99.